The van der Waals surface area contributed by atoms with Gasteiger partial charge >= 0.3 is 0 Å². The summed E-state index contributed by atoms with van der Waals surface area (Å²) >= 11 is 0. The van der Waals surface area contributed by atoms with Gasteiger partial charge in [0, 0.05) is 18.4 Å². The number of rotatable bonds is 0. The predicted octanol–water partition coefficient (Wildman–Crippen LogP) is 0.859. The second-order valence-electron chi connectivity index (χ2n) is 1.77. The Kier molecular flexibility index (Phi) is 4.63. The monoisotopic (exact) mass is 149 g/mol. The number of benzene rings is 1. The van der Waals surface area contributed by atoms with Crippen LogP contribution in [0.15, 0.2) is 24.3 Å². The minimum Gasteiger partial charge on any atom is -0.400 e. The van der Waals surface area contributed by atoms with Crippen LogP contribution in [0, 0.1) is 12.3 Å². The van der Waals surface area contributed by atoms with Crippen LogP contribution in [0.2, 0.25) is 0 Å². The molecule has 58 valence electrons. The molecule has 0 atom stereocenters. The summed E-state index contributed by atoms with van der Waals surface area (Å²) in [6.45, 7) is 0. The van der Waals surface area contributed by atoms with Gasteiger partial charge in [-0.1, -0.05) is 12.0 Å². The van der Waals surface area contributed by atoms with Crippen LogP contribution in [0.5, 0.6) is 0 Å². The van der Waals surface area contributed by atoms with Gasteiger partial charge in [-0.2, -0.15) is 0 Å². The topological polar surface area (TPSA) is 46.2 Å². The molecule has 2 nitrogen and oxygen atoms in total. The molecular formula is C9H11NO. The van der Waals surface area contributed by atoms with Gasteiger partial charge < -0.3 is 10.8 Å². The number of hydrogen-bond donors (Lipinski definition) is 2. The molecule has 1 aromatic carbocycles. The standard InChI is InChI=1S/C8H7N.CH4O/c1-2-7-4-3-5-8(9)6-7;1-2/h1,3-6H,9H2;2H,1H3. The van der Waals surface area contributed by atoms with E-state index >= 15 is 0 Å². The molecule has 0 spiro atoms. The Balaban J connectivity index is 0.000000461. The molecule has 0 saturated heterocycles. The maximum Gasteiger partial charge on any atom is 0.0326 e. The summed E-state index contributed by atoms with van der Waals surface area (Å²) in [7, 11) is 1.00. The molecule has 0 bridgehead atoms. The Morgan fingerprint density at radius 3 is 2.45 bits per heavy atom. The first-order valence-electron chi connectivity index (χ1n) is 3.10. The third-order valence-corrected chi connectivity index (χ3v) is 1.05. The normalized spacial score (nSPS) is 7.36. The first kappa shape index (κ1) is 9.54. The van der Waals surface area contributed by atoms with Gasteiger partial charge in [0.1, 0.15) is 0 Å². The molecule has 3 N–H and O–H groups in total. The van der Waals surface area contributed by atoms with E-state index in [-0.39, 0.29) is 0 Å². The Bertz CT molecular complexity index is 250. The maximum atomic E-state index is 7.00. The number of anilines is 1. The highest BCUT2D eigenvalue weighted by Gasteiger charge is 1.84. The van der Waals surface area contributed by atoms with E-state index in [9.17, 15) is 0 Å². The van der Waals surface area contributed by atoms with Gasteiger partial charge in [0.25, 0.3) is 0 Å². The van der Waals surface area contributed by atoms with Crippen LogP contribution in [0.25, 0.3) is 0 Å². The second-order valence-corrected chi connectivity index (χ2v) is 1.77. The lowest BCUT2D eigenvalue weighted by Gasteiger charge is -1.90. The molecular weight excluding hydrogens is 138 g/mol. The van der Waals surface area contributed by atoms with E-state index in [2.05, 4.69) is 5.92 Å². The fraction of sp³-hybridized carbons (Fsp3) is 0.111. The predicted molar refractivity (Wildman–Crippen MR) is 46.9 cm³/mol. The summed E-state index contributed by atoms with van der Waals surface area (Å²) in [4.78, 5) is 0. The van der Waals surface area contributed by atoms with Crippen molar-refractivity contribution in [3.63, 3.8) is 0 Å². The van der Waals surface area contributed by atoms with Crippen LogP contribution in [0.3, 0.4) is 0 Å². The van der Waals surface area contributed by atoms with Crippen LogP contribution in [0.4, 0.5) is 5.69 Å². The van der Waals surface area contributed by atoms with Gasteiger partial charge in [0.05, 0.1) is 0 Å². The third-order valence-electron chi connectivity index (χ3n) is 1.05. The second kappa shape index (κ2) is 5.33. The minimum atomic E-state index is 0.713. The zero-order valence-corrected chi connectivity index (χ0v) is 6.41. The van der Waals surface area contributed by atoms with Crippen molar-refractivity contribution in [1.29, 1.82) is 0 Å². The van der Waals surface area contributed by atoms with E-state index in [0.29, 0.717) is 5.69 Å². The molecule has 0 saturated carbocycles. The van der Waals surface area contributed by atoms with E-state index < -0.39 is 0 Å². The van der Waals surface area contributed by atoms with Crippen molar-refractivity contribution in [3.05, 3.63) is 29.8 Å². The van der Waals surface area contributed by atoms with Crippen molar-refractivity contribution < 1.29 is 5.11 Å². The zero-order valence-electron chi connectivity index (χ0n) is 6.41. The molecule has 0 aliphatic carbocycles. The molecule has 0 radical (unpaired) electrons. The van der Waals surface area contributed by atoms with Crippen molar-refractivity contribution in [3.8, 4) is 12.3 Å². The zero-order chi connectivity index (χ0) is 8.69. The number of hydrogen-bond acceptors (Lipinski definition) is 2. The molecule has 0 unspecified atom stereocenters. The third kappa shape index (κ3) is 3.29. The molecule has 0 aliphatic heterocycles. The summed E-state index contributed by atoms with van der Waals surface area (Å²) in [6, 6.07) is 7.25. The fourth-order valence-electron chi connectivity index (χ4n) is 0.628. The van der Waals surface area contributed by atoms with E-state index in [1.165, 1.54) is 0 Å². The molecule has 2 heteroatoms. The minimum absolute atomic E-state index is 0.713. The first-order valence-corrected chi connectivity index (χ1v) is 3.10. The average molecular weight is 149 g/mol. The van der Waals surface area contributed by atoms with Crippen molar-refractivity contribution in [2.75, 3.05) is 12.8 Å². The molecule has 0 fully saturated rings. The van der Waals surface area contributed by atoms with Crippen LogP contribution in [-0.2, 0) is 0 Å². The molecule has 0 aromatic heterocycles. The van der Waals surface area contributed by atoms with E-state index in [1.54, 1.807) is 12.1 Å². The number of aliphatic hydroxyl groups excluding tert-OH is 1. The number of nitrogens with two attached hydrogens (primary N) is 1. The van der Waals surface area contributed by atoms with Gasteiger partial charge in [-0.25, -0.2) is 0 Å². The largest absolute Gasteiger partial charge is 0.400 e. The smallest absolute Gasteiger partial charge is 0.0326 e. The summed E-state index contributed by atoms with van der Waals surface area (Å²) < 4.78 is 0. The summed E-state index contributed by atoms with van der Waals surface area (Å²) in [5.41, 5.74) is 6.98. The van der Waals surface area contributed by atoms with Gasteiger partial charge in [0.2, 0.25) is 0 Å². The lowest BCUT2D eigenvalue weighted by Crippen LogP contribution is -1.83. The van der Waals surface area contributed by atoms with Crippen LogP contribution in [0.1, 0.15) is 5.56 Å². The van der Waals surface area contributed by atoms with E-state index in [0.717, 1.165) is 12.7 Å². The maximum absolute atomic E-state index is 7.00. The van der Waals surface area contributed by atoms with Crippen LogP contribution < -0.4 is 5.73 Å². The SMILES string of the molecule is C#Cc1cccc(N)c1.CO. The highest BCUT2D eigenvalue weighted by molar-refractivity contribution is 5.46. The lowest BCUT2D eigenvalue weighted by atomic mass is 10.2. The Morgan fingerprint density at radius 1 is 1.45 bits per heavy atom. The van der Waals surface area contributed by atoms with Gasteiger partial charge in [-0.15, -0.1) is 6.42 Å². The van der Waals surface area contributed by atoms with E-state index in [1.807, 2.05) is 12.1 Å². The number of aliphatic hydroxyl groups is 1. The van der Waals surface area contributed by atoms with Crippen LogP contribution >= 0.6 is 0 Å². The average Bonchev–Trinajstić information content (AvgIpc) is 2.08. The van der Waals surface area contributed by atoms with Crippen LogP contribution in [-0.4, -0.2) is 12.2 Å². The summed E-state index contributed by atoms with van der Waals surface area (Å²) in [5, 5.41) is 7.00. The first-order chi connectivity index (χ1) is 5.33. The fourth-order valence-corrected chi connectivity index (χ4v) is 0.628. The lowest BCUT2D eigenvalue weighted by molar-refractivity contribution is 0.399. The Labute approximate surface area is 66.7 Å². The highest BCUT2D eigenvalue weighted by Crippen LogP contribution is 2.03. The number of nitrogen functional groups attached to an aromatic ring is 1. The molecule has 1 aromatic rings. The van der Waals surface area contributed by atoms with Crippen molar-refractivity contribution in [2.24, 2.45) is 0 Å². The Hall–Kier alpha value is -1.46. The molecule has 0 amide bonds. The molecule has 1 rings (SSSR count). The van der Waals surface area contributed by atoms with E-state index in [4.69, 9.17) is 17.3 Å². The number of terminal acetylenes is 1. The van der Waals surface area contributed by atoms with Crippen molar-refractivity contribution in [1.82, 2.24) is 0 Å². The molecule has 11 heavy (non-hydrogen) atoms. The van der Waals surface area contributed by atoms with Gasteiger partial charge in [0.15, 0.2) is 0 Å². The van der Waals surface area contributed by atoms with Crippen molar-refractivity contribution in [2.45, 2.75) is 0 Å². The van der Waals surface area contributed by atoms with Gasteiger partial charge in [-0.05, 0) is 18.2 Å². The quantitative estimate of drug-likeness (QED) is 0.424. The summed E-state index contributed by atoms with van der Waals surface area (Å²) in [6.07, 6.45) is 5.11. The summed E-state index contributed by atoms with van der Waals surface area (Å²) in [5.74, 6) is 2.49. The Morgan fingerprint density at radius 2 is 2.09 bits per heavy atom. The van der Waals surface area contributed by atoms with Gasteiger partial charge in [-0.3, -0.25) is 0 Å². The molecule has 0 heterocycles. The highest BCUT2D eigenvalue weighted by atomic mass is 16.2. The van der Waals surface area contributed by atoms with Crippen molar-refractivity contribution >= 4 is 5.69 Å². The molecule has 0 aliphatic rings.